The molecule has 0 amide bonds. The van der Waals surface area contributed by atoms with Crippen LogP contribution in [0.3, 0.4) is 0 Å². The van der Waals surface area contributed by atoms with Crippen molar-refractivity contribution in [2.24, 2.45) is 5.73 Å². The molecule has 3 rings (SSSR count). The molecule has 2 heterocycles. The number of hydrogen-bond acceptors (Lipinski definition) is 5. The second-order valence-electron chi connectivity index (χ2n) is 5.61. The van der Waals surface area contributed by atoms with Crippen LogP contribution in [0.1, 0.15) is 18.7 Å². The monoisotopic (exact) mass is 309 g/mol. The van der Waals surface area contributed by atoms with Gasteiger partial charge in [0.05, 0.1) is 10.4 Å². The first-order valence-electron chi connectivity index (χ1n) is 6.93. The molecular formula is C14H19N3O3S. The van der Waals surface area contributed by atoms with Gasteiger partial charge in [-0.25, -0.2) is 13.4 Å². The van der Waals surface area contributed by atoms with Crippen LogP contribution in [0.4, 0.5) is 0 Å². The molecule has 7 heteroatoms. The molecule has 114 valence electrons. The van der Waals surface area contributed by atoms with Gasteiger partial charge in [0, 0.05) is 31.4 Å². The Hall–Kier alpha value is -1.44. The number of ether oxygens (including phenoxy) is 1. The van der Waals surface area contributed by atoms with Crippen molar-refractivity contribution in [1.29, 1.82) is 0 Å². The number of aromatic nitrogens is 2. The molecule has 21 heavy (non-hydrogen) atoms. The highest BCUT2D eigenvalue weighted by atomic mass is 32.2. The Labute approximate surface area is 123 Å². The number of H-pyrrole nitrogens is 1. The molecule has 1 aromatic carbocycles. The lowest BCUT2D eigenvalue weighted by molar-refractivity contribution is 0.0503. The van der Waals surface area contributed by atoms with Crippen LogP contribution in [0.25, 0.3) is 11.0 Å². The quantitative estimate of drug-likeness (QED) is 0.880. The number of hydrogen-bond donors (Lipinski definition) is 2. The van der Waals surface area contributed by atoms with Gasteiger partial charge in [-0.3, -0.25) is 0 Å². The van der Waals surface area contributed by atoms with Crippen molar-refractivity contribution in [1.82, 2.24) is 9.97 Å². The first-order valence-corrected chi connectivity index (χ1v) is 8.82. The average Bonchev–Trinajstić information content (AvgIpc) is 2.91. The molecule has 2 aromatic rings. The third kappa shape index (κ3) is 2.45. The van der Waals surface area contributed by atoms with E-state index in [2.05, 4.69) is 9.97 Å². The Morgan fingerprint density at radius 2 is 2.10 bits per heavy atom. The van der Waals surface area contributed by atoms with Gasteiger partial charge in [-0.1, -0.05) is 6.07 Å². The Kier molecular flexibility index (Phi) is 3.51. The van der Waals surface area contributed by atoms with Crippen LogP contribution in [0.15, 0.2) is 23.1 Å². The fraction of sp³-hybridized carbons (Fsp3) is 0.500. The van der Waals surface area contributed by atoms with Crippen molar-refractivity contribution in [3.63, 3.8) is 0 Å². The van der Waals surface area contributed by atoms with Crippen molar-refractivity contribution in [3.05, 3.63) is 24.0 Å². The summed E-state index contributed by atoms with van der Waals surface area (Å²) in [6.07, 6.45) is 2.78. The lowest BCUT2D eigenvalue weighted by Crippen LogP contribution is -2.41. The van der Waals surface area contributed by atoms with Gasteiger partial charge >= 0.3 is 0 Å². The smallest absolute Gasteiger partial charge is 0.177 e. The molecule has 0 unspecified atom stereocenters. The van der Waals surface area contributed by atoms with E-state index < -0.39 is 9.84 Å². The summed E-state index contributed by atoms with van der Waals surface area (Å²) in [6, 6.07) is 5.14. The largest absolute Gasteiger partial charge is 0.381 e. The zero-order chi connectivity index (χ0) is 15.1. The number of nitrogens with two attached hydrogens (primary N) is 1. The van der Waals surface area contributed by atoms with Crippen LogP contribution < -0.4 is 5.73 Å². The Morgan fingerprint density at radius 1 is 1.38 bits per heavy atom. The normalized spacial score (nSPS) is 19.0. The minimum Gasteiger partial charge on any atom is -0.381 e. The molecule has 1 aliphatic heterocycles. The SMILES string of the molecule is CS(=O)(=O)c1cccc2[nH]c(C3(CN)CCOCC3)nc12. The maximum atomic E-state index is 11.9. The number of benzene rings is 1. The van der Waals surface area contributed by atoms with Crippen LogP contribution in [0.5, 0.6) is 0 Å². The number of aromatic amines is 1. The van der Waals surface area contributed by atoms with Crippen LogP contribution in [-0.4, -0.2) is 44.4 Å². The van der Waals surface area contributed by atoms with E-state index in [0.29, 0.717) is 25.3 Å². The molecule has 0 saturated carbocycles. The van der Waals surface area contributed by atoms with Crippen molar-refractivity contribution in [3.8, 4) is 0 Å². The molecule has 0 aliphatic carbocycles. The van der Waals surface area contributed by atoms with E-state index in [0.717, 1.165) is 24.2 Å². The molecule has 0 atom stereocenters. The fourth-order valence-corrected chi connectivity index (χ4v) is 3.69. The minimum absolute atomic E-state index is 0.252. The van der Waals surface area contributed by atoms with E-state index in [9.17, 15) is 8.42 Å². The van der Waals surface area contributed by atoms with Crippen molar-refractivity contribution in [2.45, 2.75) is 23.2 Å². The second kappa shape index (κ2) is 5.08. The molecule has 1 aliphatic rings. The highest BCUT2D eigenvalue weighted by Crippen LogP contribution is 2.34. The van der Waals surface area contributed by atoms with Gasteiger partial charge in [0.2, 0.25) is 0 Å². The summed E-state index contributed by atoms with van der Waals surface area (Å²) in [6.45, 7) is 1.75. The lowest BCUT2D eigenvalue weighted by Gasteiger charge is -2.34. The number of sulfone groups is 1. The Morgan fingerprint density at radius 3 is 2.71 bits per heavy atom. The number of nitrogens with zero attached hydrogens (tertiary/aromatic N) is 1. The van der Waals surface area contributed by atoms with Gasteiger partial charge < -0.3 is 15.5 Å². The summed E-state index contributed by atoms with van der Waals surface area (Å²) in [5.74, 6) is 0.763. The zero-order valence-corrected chi connectivity index (χ0v) is 12.7. The van der Waals surface area contributed by atoms with Gasteiger partial charge in [-0.15, -0.1) is 0 Å². The highest BCUT2D eigenvalue weighted by molar-refractivity contribution is 7.91. The van der Waals surface area contributed by atoms with Crippen LogP contribution in [0, 0.1) is 0 Å². The van der Waals surface area contributed by atoms with Gasteiger partial charge in [0.15, 0.2) is 9.84 Å². The molecular weight excluding hydrogens is 290 g/mol. The van der Waals surface area contributed by atoms with E-state index in [1.807, 2.05) is 6.07 Å². The number of para-hydroxylation sites is 1. The van der Waals surface area contributed by atoms with Crippen molar-refractivity contribution < 1.29 is 13.2 Å². The number of rotatable bonds is 3. The Bertz CT molecular complexity index is 761. The average molecular weight is 309 g/mol. The van der Waals surface area contributed by atoms with E-state index in [4.69, 9.17) is 10.5 Å². The highest BCUT2D eigenvalue weighted by Gasteiger charge is 2.36. The number of fused-ring (bicyclic) bond motifs is 1. The maximum absolute atomic E-state index is 11.9. The summed E-state index contributed by atoms with van der Waals surface area (Å²) in [7, 11) is -3.31. The van der Waals surface area contributed by atoms with Gasteiger partial charge in [0.25, 0.3) is 0 Å². The minimum atomic E-state index is -3.31. The summed E-state index contributed by atoms with van der Waals surface area (Å²) < 4.78 is 29.2. The van der Waals surface area contributed by atoms with Crippen LogP contribution in [-0.2, 0) is 20.0 Å². The summed E-state index contributed by atoms with van der Waals surface area (Å²) in [5.41, 5.74) is 6.95. The topological polar surface area (TPSA) is 98.1 Å². The predicted octanol–water partition coefficient (Wildman–Crippen LogP) is 0.973. The molecule has 0 spiro atoms. The summed E-state index contributed by atoms with van der Waals surface area (Å²) in [4.78, 5) is 8.09. The van der Waals surface area contributed by atoms with E-state index in [1.54, 1.807) is 12.1 Å². The van der Waals surface area contributed by atoms with Crippen LogP contribution >= 0.6 is 0 Å². The summed E-state index contributed by atoms with van der Waals surface area (Å²) in [5, 5.41) is 0. The van der Waals surface area contributed by atoms with Gasteiger partial charge in [-0.05, 0) is 25.0 Å². The fourth-order valence-electron chi connectivity index (χ4n) is 2.86. The lowest BCUT2D eigenvalue weighted by atomic mass is 9.79. The zero-order valence-electron chi connectivity index (χ0n) is 11.9. The summed E-state index contributed by atoms with van der Waals surface area (Å²) >= 11 is 0. The molecule has 0 radical (unpaired) electrons. The standard InChI is InChI=1S/C14H19N3O3S/c1-21(18,19)11-4-2-3-10-12(11)17-13(16-10)14(9-15)5-7-20-8-6-14/h2-4H,5-9,15H2,1H3,(H,16,17). The first kappa shape index (κ1) is 14.5. The maximum Gasteiger partial charge on any atom is 0.177 e. The predicted molar refractivity (Wildman–Crippen MR) is 80.0 cm³/mol. The van der Waals surface area contributed by atoms with Crippen molar-refractivity contribution >= 4 is 20.9 Å². The number of imidazole rings is 1. The van der Waals surface area contributed by atoms with Crippen molar-refractivity contribution in [2.75, 3.05) is 26.0 Å². The third-order valence-electron chi connectivity index (χ3n) is 4.22. The second-order valence-corrected chi connectivity index (χ2v) is 7.59. The molecule has 6 nitrogen and oxygen atoms in total. The number of nitrogens with one attached hydrogen (secondary N) is 1. The van der Waals surface area contributed by atoms with Crippen LogP contribution in [0.2, 0.25) is 0 Å². The molecule has 1 aromatic heterocycles. The van der Waals surface area contributed by atoms with Gasteiger partial charge in [-0.2, -0.15) is 0 Å². The third-order valence-corrected chi connectivity index (χ3v) is 5.35. The van der Waals surface area contributed by atoms with E-state index >= 15 is 0 Å². The molecule has 1 fully saturated rings. The molecule has 1 saturated heterocycles. The van der Waals surface area contributed by atoms with Gasteiger partial charge in [0.1, 0.15) is 11.3 Å². The molecule has 3 N–H and O–H groups in total. The Balaban J connectivity index is 2.17. The first-order chi connectivity index (χ1) is 9.96. The van der Waals surface area contributed by atoms with E-state index in [1.165, 1.54) is 6.26 Å². The molecule has 0 bridgehead atoms. The van der Waals surface area contributed by atoms with E-state index in [-0.39, 0.29) is 10.3 Å².